The molecule has 0 fully saturated rings. The Hall–Kier alpha value is -2.23. The molecule has 0 aliphatic rings. The normalized spacial score (nSPS) is 9.81. The zero-order valence-electron chi connectivity index (χ0n) is 8.75. The lowest BCUT2D eigenvalue weighted by Gasteiger charge is -2.01. The average molecular weight is 214 g/mol. The molecular formula is C12H10N2O2. The Labute approximate surface area is 92.9 Å². The minimum absolute atomic E-state index is 0.389. The molecule has 16 heavy (non-hydrogen) atoms. The van der Waals surface area contributed by atoms with Gasteiger partial charge in [-0.1, -0.05) is 6.07 Å². The van der Waals surface area contributed by atoms with Gasteiger partial charge in [-0.15, -0.1) is 0 Å². The molecular weight excluding hydrogens is 204 g/mol. The van der Waals surface area contributed by atoms with Crippen molar-refractivity contribution in [2.24, 2.45) is 0 Å². The summed E-state index contributed by atoms with van der Waals surface area (Å²) in [4.78, 5) is 19.5. The number of hydrogen-bond donors (Lipinski definition) is 0. The molecule has 4 heteroatoms. The van der Waals surface area contributed by atoms with E-state index in [9.17, 15) is 4.79 Å². The van der Waals surface area contributed by atoms with Crippen LogP contribution in [0, 0.1) is 0 Å². The van der Waals surface area contributed by atoms with Crippen molar-refractivity contribution in [3.63, 3.8) is 0 Å². The Bertz CT molecular complexity index is 480. The predicted octanol–water partition coefficient (Wildman–Crippen LogP) is 1.93. The molecule has 0 aliphatic heterocycles. The summed E-state index contributed by atoms with van der Waals surface area (Å²) in [5.41, 5.74) is 1.94. The van der Waals surface area contributed by atoms with Crippen LogP contribution in [0.1, 0.15) is 10.4 Å². The molecule has 0 aromatic carbocycles. The van der Waals surface area contributed by atoms with Crippen LogP contribution < -0.4 is 0 Å². The van der Waals surface area contributed by atoms with Crippen molar-refractivity contribution in [2.75, 3.05) is 7.11 Å². The molecule has 0 unspecified atom stereocenters. The smallest absolute Gasteiger partial charge is 0.339 e. The summed E-state index contributed by atoms with van der Waals surface area (Å²) in [6.45, 7) is 0. The lowest BCUT2D eigenvalue weighted by Crippen LogP contribution is -2.01. The Balaban J connectivity index is 2.30. The second-order valence-corrected chi connectivity index (χ2v) is 3.14. The first-order valence-electron chi connectivity index (χ1n) is 4.77. The van der Waals surface area contributed by atoms with E-state index < -0.39 is 0 Å². The number of carbonyl (C=O) groups excluding carboxylic acids is 1. The number of methoxy groups -OCH3 is 1. The van der Waals surface area contributed by atoms with Crippen molar-refractivity contribution in [3.05, 3.63) is 48.3 Å². The second-order valence-electron chi connectivity index (χ2n) is 3.14. The van der Waals surface area contributed by atoms with Crippen molar-refractivity contribution < 1.29 is 9.53 Å². The van der Waals surface area contributed by atoms with E-state index in [2.05, 4.69) is 14.7 Å². The zero-order valence-corrected chi connectivity index (χ0v) is 8.75. The van der Waals surface area contributed by atoms with Crippen LogP contribution in [0.3, 0.4) is 0 Å². The van der Waals surface area contributed by atoms with Gasteiger partial charge in [-0.25, -0.2) is 4.79 Å². The van der Waals surface area contributed by atoms with E-state index in [1.165, 1.54) is 13.3 Å². The Morgan fingerprint density at radius 1 is 1.12 bits per heavy atom. The SMILES string of the molecule is COC(=O)c1ccc(-c2ccccn2)nc1. The van der Waals surface area contributed by atoms with Crippen LogP contribution in [-0.4, -0.2) is 23.0 Å². The van der Waals surface area contributed by atoms with Gasteiger partial charge in [0, 0.05) is 12.4 Å². The third kappa shape index (κ3) is 2.06. The number of pyridine rings is 2. The van der Waals surface area contributed by atoms with Crippen molar-refractivity contribution >= 4 is 5.97 Å². The molecule has 0 saturated carbocycles. The summed E-state index contributed by atoms with van der Waals surface area (Å²) in [6, 6.07) is 9.00. The molecule has 0 saturated heterocycles. The summed E-state index contributed by atoms with van der Waals surface area (Å²) >= 11 is 0. The topological polar surface area (TPSA) is 52.1 Å². The highest BCUT2D eigenvalue weighted by atomic mass is 16.5. The first kappa shape index (κ1) is 10.3. The van der Waals surface area contributed by atoms with Crippen LogP contribution >= 0.6 is 0 Å². The molecule has 0 amide bonds. The van der Waals surface area contributed by atoms with Crippen molar-refractivity contribution in [1.29, 1.82) is 0 Å². The fourth-order valence-electron chi connectivity index (χ4n) is 1.30. The third-order valence-corrected chi connectivity index (χ3v) is 2.11. The maximum atomic E-state index is 11.2. The fraction of sp³-hybridized carbons (Fsp3) is 0.0833. The Morgan fingerprint density at radius 3 is 2.50 bits per heavy atom. The number of hydrogen-bond acceptors (Lipinski definition) is 4. The molecule has 80 valence electrons. The number of esters is 1. The van der Waals surface area contributed by atoms with E-state index in [1.54, 1.807) is 18.3 Å². The largest absolute Gasteiger partial charge is 0.465 e. The quantitative estimate of drug-likeness (QED) is 0.717. The van der Waals surface area contributed by atoms with Crippen LogP contribution in [0.15, 0.2) is 42.7 Å². The number of aromatic nitrogens is 2. The maximum absolute atomic E-state index is 11.2. The highest BCUT2D eigenvalue weighted by molar-refractivity contribution is 5.89. The Kier molecular flexibility index (Phi) is 2.91. The van der Waals surface area contributed by atoms with Crippen LogP contribution in [-0.2, 0) is 4.74 Å². The molecule has 0 aliphatic carbocycles. The summed E-state index contributed by atoms with van der Waals surface area (Å²) in [5, 5.41) is 0. The first-order chi connectivity index (χ1) is 7.81. The fourth-order valence-corrected chi connectivity index (χ4v) is 1.30. The molecule has 0 atom stereocenters. The first-order valence-corrected chi connectivity index (χ1v) is 4.77. The van der Waals surface area contributed by atoms with E-state index in [0.29, 0.717) is 5.56 Å². The van der Waals surface area contributed by atoms with Gasteiger partial charge in [0.15, 0.2) is 0 Å². The minimum atomic E-state index is -0.389. The second kappa shape index (κ2) is 4.53. The van der Waals surface area contributed by atoms with Gasteiger partial charge in [0.2, 0.25) is 0 Å². The van der Waals surface area contributed by atoms with Gasteiger partial charge in [0.05, 0.1) is 24.1 Å². The standard InChI is InChI=1S/C12H10N2O2/c1-16-12(15)9-5-6-11(14-8-9)10-4-2-3-7-13-10/h2-8H,1H3. The molecule has 2 aromatic heterocycles. The van der Waals surface area contributed by atoms with E-state index in [4.69, 9.17) is 0 Å². The monoisotopic (exact) mass is 214 g/mol. The van der Waals surface area contributed by atoms with E-state index >= 15 is 0 Å². The van der Waals surface area contributed by atoms with E-state index in [-0.39, 0.29) is 5.97 Å². The predicted molar refractivity (Wildman–Crippen MR) is 58.8 cm³/mol. The summed E-state index contributed by atoms with van der Waals surface area (Å²) in [7, 11) is 1.34. The highest BCUT2D eigenvalue weighted by Crippen LogP contribution is 2.13. The van der Waals surface area contributed by atoms with Gasteiger partial charge in [0.25, 0.3) is 0 Å². The molecule has 2 aromatic rings. The molecule has 0 radical (unpaired) electrons. The Morgan fingerprint density at radius 2 is 1.94 bits per heavy atom. The number of carbonyl (C=O) groups is 1. The molecule has 0 N–H and O–H groups in total. The molecule has 0 bridgehead atoms. The molecule has 4 nitrogen and oxygen atoms in total. The lowest BCUT2D eigenvalue weighted by atomic mass is 10.2. The zero-order chi connectivity index (χ0) is 11.4. The van der Waals surface area contributed by atoms with Gasteiger partial charge in [-0.2, -0.15) is 0 Å². The van der Waals surface area contributed by atoms with Crippen LogP contribution in [0.2, 0.25) is 0 Å². The third-order valence-electron chi connectivity index (χ3n) is 2.11. The van der Waals surface area contributed by atoms with Gasteiger partial charge >= 0.3 is 5.97 Å². The molecule has 2 rings (SSSR count). The number of ether oxygens (including phenoxy) is 1. The lowest BCUT2D eigenvalue weighted by molar-refractivity contribution is 0.0600. The molecule has 2 heterocycles. The van der Waals surface area contributed by atoms with Gasteiger partial charge in [-0.3, -0.25) is 9.97 Å². The summed E-state index contributed by atoms with van der Waals surface area (Å²) in [6.07, 6.45) is 3.18. The number of rotatable bonds is 2. The van der Waals surface area contributed by atoms with Gasteiger partial charge < -0.3 is 4.74 Å². The van der Waals surface area contributed by atoms with Crippen LogP contribution in [0.5, 0.6) is 0 Å². The van der Waals surface area contributed by atoms with Crippen molar-refractivity contribution in [3.8, 4) is 11.4 Å². The number of nitrogens with zero attached hydrogens (tertiary/aromatic N) is 2. The highest BCUT2D eigenvalue weighted by Gasteiger charge is 2.06. The summed E-state index contributed by atoms with van der Waals surface area (Å²) < 4.78 is 4.59. The van der Waals surface area contributed by atoms with Gasteiger partial charge in [0.1, 0.15) is 0 Å². The molecule has 0 spiro atoms. The van der Waals surface area contributed by atoms with Crippen molar-refractivity contribution in [2.45, 2.75) is 0 Å². The van der Waals surface area contributed by atoms with Gasteiger partial charge in [-0.05, 0) is 24.3 Å². The average Bonchev–Trinajstić information content (AvgIpc) is 2.39. The van der Waals surface area contributed by atoms with E-state index in [0.717, 1.165) is 11.4 Å². The summed E-state index contributed by atoms with van der Waals surface area (Å²) in [5.74, 6) is -0.389. The van der Waals surface area contributed by atoms with Crippen LogP contribution in [0.25, 0.3) is 11.4 Å². The van der Waals surface area contributed by atoms with Crippen molar-refractivity contribution in [1.82, 2.24) is 9.97 Å². The van der Waals surface area contributed by atoms with E-state index in [1.807, 2.05) is 18.2 Å². The maximum Gasteiger partial charge on any atom is 0.339 e. The minimum Gasteiger partial charge on any atom is -0.465 e. The van der Waals surface area contributed by atoms with Crippen LogP contribution in [0.4, 0.5) is 0 Å².